The molecule has 0 unspecified atom stereocenters. The minimum absolute atomic E-state index is 0.0413. The third kappa shape index (κ3) is 9.51. The molecule has 0 aromatic heterocycles. The Balaban J connectivity index is 1.61. The number of ether oxygens (including phenoxy) is 5. The van der Waals surface area contributed by atoms with E-state index in [2.05, 4.69) is 13.2 Å². The zero-order chi connectivity index (χ0) is 28.7. The Bertz CT molecular complexity index is 1180. The third-order valence-electron chi connectivity index (χ3n) is 6.95. The second-order valence-corrected chi connectivity index (χ2v) is 10.0. The Morgan fingerprint density at radius 2 is 1.12 bits per heavy atom. The monoisotopic (exact) mass is 556 g/mol. The van der Waals surface area contributed by atoms with Crippen molar-refractivity contribution < 1.29 is 28.5 Å². The van der Waals surface area contributed by atoms with E-state index < -0.39 is 24.4 Å². The predicted molar refractivity (Wildman–Crippen MR) is 159 cm³/mol. The lowest BCUT2D eigenvalue weighted by atomic mass is 9.92. The molecule has 0 saturated carbocycles. The van der Waals surface area contributed by atoms with Crippen LogP contribution in [0.5, 0.6) is 0 Å². The van der Waals surface area contributed by atoms with Crippen molar-refractivity contribution in [3.63, 3.8) is 0 Å². The largest absolute Gasteiger partial charge is 0.463 e. The van der Waals surface area contributed by atoms with E-state index in [1.54, 1.807) is 6.08 Å². The van der Waals surface area contributed by atoms with Crippen molar-refractivity contribution in [1.82, 2.24) is 0 Å². The third-order valence-corrected chi connectivity index (χ3v) is 6.95. The summed E-state index contributed by atoms with van der Waals surface area (Å²) in [7, 11) is 0. The summed E-state index contributed by atoms with van der Waals surface area (Å²) in [6, 6.07) is 30.0. The molecule has 5 atom stereocenters. The van der Waals surface area contributed by atoms with Crippen molar-refractivity contribution >= 4 is 5.97 Å². The van der Waals surface area contributed by atoms with Crippen LogP contribution < -0.4 is 0 Å². The van der Waals surface area contributed by atoms with Gasteiger partial charge in [-0.1, -0.05) is 103 Å². The summed E-state index contributed by atoms with van der Waals surface area (Å²) >= 11 is 0. The van der Waals surface area contributed by atoms with Gasteiger partial charge in [0.15, 0.2) is 0 Å². The zero-order valence-corrected chi connectivity index (χ0v) is 23.5. The molecule has 1 heterocycles. The maximum absolute atomic E-state index is 12.4. The molecule has 0 radical (unpaired) electrons. The first-order valence-corrected chi connectivity index (χ1v) is 14.2. The van der Waals surface area contributed by atoms with Crippen LogP contribution in [0.4, 0.5) is 0 Å². The Morgan fingerprint density at radius 1 is 0.659 bits per heavy atom. The van der Waals surface area contributed by atoms with Crippen LogP contribution in [0.1, 0.15) is 36.0 Å². The number of hydrogen-bond donors (Lipinski definition) is 0. The minimum Gasteiger partial charge on any atom is -0.463 e. The molecule has 41 heavy (non-hydrogen) atoms. The highest BCUT2D eigenvalue weighted by Gasteiger charge is 2.48. The van der Waals surface area contributed by atoms with E-state index in [1.807, 2.05) is 97.1 Å². The van der Waals surface area contributed by atoms with Crippen molar-refractivity contribution in [3.8, 4) is 0 Å². The fraction of sp³-hybridized carbons (Fsp3) is 0.343. The van der Waals surface area contributed by atoms with Gasteiger partial charge < -0.3 is 23.7 Å². The standard InChI is InChI=1S/C35H40O6/c1-3-5-22-32(36)37-26-31-34(39-24-28-18-11-7-12-19-28)35(40-25-29-20-13-8-14-21-29)33(30(41-31)15-4-2)38-23-27-16-9-6-10-17-27/h3-4,6-14,16-21,30-31,33-35H,1-2,5,15,22-26H2/t30-,31-,33-,34-,35-/m1/s1. The van der Waals surface area contributed by atoms with Crippen LogP contribution in [-0.4, -0.2) is 43.1 Å². The summed E-state index contributed by atoms with van der Waals surface area (Å²) < 4.78 is 31.9. The fourth-order valence-electron chi connectivity index (χ4n) is 4.84. The molecular formula is C35H40O6. The lowest BCUT2D eigenvalue weighted by Crippen LogP contribution is -2.61. The molecule has 1 saturated heterocycles. The van der Waals surface area contributed by atoms with Crippen molar-refractivity contribution in [3.05, 3.63) is 133 Å². The molecule has 0 amide bonds. The molecule has 6 heteroatoms. The van der Waals surface area contributed by atoms with Gasteiger partial charge in [-0.3, -0.25) is 4.79 Å². The van der Waals surface area contributed by atoms with Crippen molar-refractivity contribution in [2.24, 2.45) is 0 Å². The summed E-state index contributed by atoms with van der Waals surface area (Å²) in [5, 5.41) is 0. The van der Waals surface area contributed by atoms with Crippen molar-refractivity contribution in [2.45, 2.75) is 69.6 Å². The first-order chi connectivity index (χ1) is 20.2. The van der Waals surface area contributed by atoms with Gasteiger partial charge in [-0.2, -0.15) is 0 Å². The summed E-state index contributed by atoms with van der Waals surface area (Å²) in [6.45, 7) is 8.79. The first kappa shape index (κ1) is 30.4. The maximum Gasteiger partial charge on any atom is 0.306 e. The van der Waals surface area contributed by atoms with E-state index >= 15 is 0 Å². The van der Waals surface area contributed by atoms with E-state index in [1.165, 1.54) is 0 Å². The molecule has 1 fully saturated rings. The molecule has 3 aromatic carbocycles. The van der Waals surface area contributed by atoms with Crippen molar-refractivity contribution in [1.29, 1.82) is 0 Å². The molecule has 1 aliphatic heterocycles. The molecule has 216 valence electrons. The zero-order valence-electron chi connectivity index (χ0n) is 23.5. The average Bonchev–Trinajstić information content (AvgIpc) is 3.02. The molecule has 1 aliphatic rings. The summed E-state index contributed by atoms with van der Waals surface area (Å²) in [6.07, 6.45) is 2.42. The van der Waals surface area contributed by atoms with Gasteiger partial charge in [0.25, 0.3) is 0 Å². The van der Waals surface area contributed by atoms with Crippen LogP contribution in [0.25, 0.3) is 0 Å². The Hall–Kier alpha value is -3.55. The number of carbonyl (C=O) groups is 1. The molecule has 0 N–H and O–H groups in total. The molecule has 0 aliphatic carbocycles. The lowest BCUT2D eigenvalue weighted by molar-refractivity contribution is -0.270. The van der Waals surface area contributed by atoms with Crippen LogP contribution in [0, 0.1) is 0 Å². The molecule has 0 bridgehead atoms. The van der Waals surface area contributed by atoms with Crippen LogP contribution in [0.3, 0.4) is 0 Å². The van der Waals surface area contributed by atoms with Gasteiger partial charge >= 0.3 is 5.97 Å². The highest BCUT2D eigenvalue weighted by atomic mass is 16.6. The van der Waals surface area contributed by atoms with Crippen LogP contribution in [-0.2, 0) is 48.3 Å². The molecular weight excluding hydrogens is 516 g/mol. The average molecular weight is 557 g/mol. The quantitative estimate of drug-likeness (QED) is 0.146. The number of rotatable bonds is 16. The summed E-state index contributed by atoms with van der Waals surface area (Å²) in [5.41, 5.74) is 3.10. The van der Waals surface area contributed by atoms with E-state index in [0.717, 1.165) is 16.7 Å². The molecule has 0 spiro atoms. The predicted octanol–water partition coefficient (Wildman–Crippen LogP) is 6.60. The Morgan fingerprint density at radius 3 is 1.59 bits per heavy atom. The first-order valence-electron chi connectivity index (χ1n) is 14.2. The number of hydrogen-bond acceptors (Lipinski definition) is 6. The maximum atomic E-state index is 12.4. The number of carbonyl (C=O) groups excluding carboxylic acids is 1. The van der Waals surface area contributed by atoms with Crippen molar-refractivity contribution in [2.75, 3.05) is 6.61 Å². The number of esters is 1. The minimum atomic E-state index is -0.562. The highest BCUT2D eigenvalue weighted by Crippen LogP contribution is 2.32. The second kappa shape index (κ2) is 16.7. The number of allylic oxidation sites excluding steroid dienone is 1. The second-order valence-electron chi connectivity index (χ2n) is 10.0. The van der Waals surface area contributed by atoms with E-state index in [4.69, 9.17) is 23.7 Å². The SMILES string of the molecule is C=CCCC(=O)OC[C@H]1O[C@H](CC=C)[C@@H](OCc2ccccc2)[C@@H](OCc2ccccc2)[C@@H]1OCc1ccccc1. The summed E-state index contributed by atoms with van der Waals surface area (Å²) in [4.78, 5) is 12.4. The normalized spacial score (nSPS) is 22.1. The van der Waals surface area contributed by atoms with Gasteiger partial charge in [0.05, 0.1) is 25.9 Å². The topological polar surface area (TPSA) is 63.2 Å². The highest BCUT2D eigenvalue weighted by molar-refractivity contribution is 5.69. The van der Waals surface area contributed by atoms with Gasteiger partial charge in [-0.25, -0.2) is 0 Å². The van der Waals surface area contributed by atoms with Gasteiger partial charge in [-0.15, -0.1) is 13.2 Å². The molecule has 6 nitrogen and oxygen atoms in total. The fourth-order valence-corrected chi connectivity index (χ4v) is 4.84. The Kier molecular flexibility index (Phi) is 12.3. The lowest BCUT2D eigenvalue weighted by Gasteiger charge is -2.46. The van der Waals surface area contributed by atoms with Gasteiger partial charge in [-0.05, 0) is 29.5 Å². The number of benzene rings is 3. The van der Waals surface area contributed by atoms with E-state index in [0.29, 0.717) is 32.7 Å². The van der Waals surface area contributed by atoms with E-state index in [9.17, 15) is 4.79 Å². The van der Waals surface area contributed by atoms with Crippen LogP contribution >= 0.6 is 0 Å². The molecule has 4 rings (SSSR count). The van der Waals surface area contributed by atoms with Gasteiger partial charge in [0, 0.05) is 6.42 Å². The summed E-state index contributed by atoms with van der Waals surface area (Å²) in [5.74, 6) is -0.306. The Labute approximate surface area is 243 Å². The van der Waals surface area contributed by atoms with E-state index in [-0.39, 0.29) is 25.1 Å². The van der Waals surface area contributed by atoms with Crippen LogP contribution in [0.15, 0.2) is 116 Å². The van der Waals surface area contributed by atoms with Gasteiger partial charge in [0.2, 0.25) is 0 Å². The van der Waals surface area contributed by atoms with Gasteiger partial charge in [0.1, 0.15) is 31.0 Å². The smallest absolute Gasteiger partial charge is 0.306 e. The van der Waals surface area contributed by atoms with Crippen LogP contribution in [0.2, 0.25) is 0 Å². The molecule has 3 aromatic rings.